The zero-order chi connectivity index (χ0) is 35.7. The number of aliphatic hydroxyl groups is 1. The molecule has 0 heterocycles. The topological polar surface area (TPSA) is 119 Å². The Kier molecular flexibility index (Phi) is 21.5. The molecule has 0 bridgehead atoms. The van der Waals surface area contributed by atoms with Gasteiger partial charge in [0.15, 0.2) is 0 Å². The number of hydrogen-bond donors (Lipinski definition) is 2. The summed E-state index contributed by atoms with van der Waals surface area (Å²) in [6.07, 6.45) is 23.1. The molecule has 2 aromatic rings. The minimum Gasteiger partial charge on any atom is -0.508 e. The van der Waals surface area contributed by atoms with Gasteiger partial charge in [0.25, 0.3) is 0 Å². The summed E-state index contributed by atoms with van der Waals surface area (Å²) in [7, 11) is 0. The lowest BCUT2D eigenvalue weighted by Crippen LogP contribution is -2.10. The van der Waals surface area contributed by atoms with E-state index >= 15 is 0 Å². The first-order valence-corrected chi connectivity index (χ1v) is 18.7. The van der Waals surface area contributed by atoms with Crippen LogP contribution in [0, 0.1) is 0 Å². The van der Waals surface area contributed by atoms with Crippen LogP contribution in [0.1, 0.15) is 166 Å². The average molecular weight is 681 g/mol. The number of benzene rings is 2. The van der Waals surface area contributed by atoms with Gasteiger partial charge in [0.1, 0.15) is 29.1 Å². The van der Waals surface area contributed by atoms with Crippen molar-refractivity contribution in [1.82, 2.24) is 0 Å². The summed E-state index contributed by atoms with van der Waals surface area (Å²) in [6, 6.07) is 8.92. The quantitative estimate of drug-likeness (QED) is 0.0572. The van der Waals surface area contributed by atoms with E-state index in [4.69, 9.17) is 14.2 Å². The van der Waals surface area contributed by atoms with Crippen LogP contribution in [-0.2, 0) is 14.4 Å². The molecule has 0 amide bonds. The molecule has 0 fully saturated rings. The van der Waals surface area contributed by atoms with E-state index in [9.17, 15) is 24.6 Å². The van der Waals surface area contributed by atoms with Crippen molar-refractivity contribution in [2.75, 3.05) is 0 Å². The average Bonchev–Trinajstić information content (AvgIpc) is 3.06. The first-order chi connectivity index (χ1) is 23.7. The third kappa shape index (κ3) is 18.6. The summed E-state index contributed by atoms with van der Waals surface area (Å²) in [5, 5.41) is 20.7. The summed E-state index contributed by atoms with van der Waals surface area (Å²) in [6.45, 7) is 5.66. The largest absolute Gasteiger partial charge is 0.508 e. The third-order valence-electron chi connectivity index (χ3n) is 8.44. The number of phenols is 1. The van der Waals surface area contributed by atoms with E-state index in [0.29, 0.717) is 12.0 Å². The maximum atomic E-state index is 12.9. The van der Waals surface area contributed by atoms with Crippen molar-refractivity contribution >= 4 is 24.0 Å². The molecule has 272 valence electrons. The summed E-state index contributed by atoms with van der Waals surface area (Å²) < 4.78 is 16.5. The van der Waals surface area contributed by atoms with Crippen LogP contribution < -0.4 is 14.2 Å². The Morgan fingerprint density at radius 2 is 1.14 bits per heavy atom. The van der Waals surface area contributed by atoms with Crippen LogP contribution in [0.5, 0.6) is 23.0 Å². The smallest absolute Gasteiger partial charge is 0.311 e. The summed E-state index contributed by atoms with van der Waals surface area (Å²) in [4.78, 5) is 37.0. The number of unbranched alkanes of at least 4 members (excludes halogenated alkanes) is 16. The Hall–Kier alpha value is -3.65. The number of phenolic OH excluding ortho intramolecular Hbond substituents is 1. The maximum Gasteiger partial charge on any atom is 0.311 e. The molecule has 49 heavy (non-hydrogen) atoms. The van der Waals surface area contributed by atoms with Gasteiger partial charge in [0.05, 0.1) is 0 Å². The molecule has 8 nitrogen and oxygen atoms in total. The molecular weight excluding hydrogens is 620 g/mol. The van der Waals surface area contributed by atoms with Crippen LogP contribution in [0.15, 0.2) is 42.5 Å². The van der Waals surface area contributed by atoms with Crippen LogP contribution >= 0.6 is 0 Å². The van der Waals surface area contributed by atoms with Gasteiger partial charge in [-0.1, -0.05) is 129 Å². The first-order valence-electron chi connectivity index (χ1n) is 18.7. The third-order valence-corrected chi connectivity index (χ3v) is 8.44. The number of esters is 3. The van der Waals surface area contributed by atoms with Crippen molar-refractivity contribution in [3.63, 3.8) is 0 Å². The molecule has 8 heteroatoms. The highest BCUT2D eigenvalue weighted by atomic mass is 16.5. The highest BCUT2D eigenvalue weighted by Crippen LogP contribution is 2.32. The maximum absolute atomic E-state index is 12.9. The Morgan fingerprint density at radius 1 is 0.633 bits per heavy atom. The molecule has 0 radical (unpaired) electrons. The zero-order valence-corrected chi connectivity index (χ0v) is 30.2. The van der Waals surface area contributed by atoms with Gasteiger partial charge in [-0.05, 0) is 37.1 Å². The standard InChI is InChI=1S/C41H60O8/c1-4-6-8-10-12-14-16-18-20-22-40(45)48-35-27-24-33(25-29-37(44)36-28-26-34(43)30-39(36)47-32(3)42)38(31-35)49-41(46)23-21-19-17-15-13-11-9-7-5-2/h24-31,37,43-44H,4-23H2,1-3H3. The van der Waals surface area contributed by atoms with Gasteiger partial charge < -0.3 is 24.4 Å². The fourth-order valence-corrected chi connectivity index (χ4v) is 5.63. The Labute approximate surface area is 294 Å². The van der Waals surface area contributed by atoms with E-state index in [2.05, 4.69) is 13.8 Å². The van der Waals surface area contributed by atoms with Gasteiger partial charge in [0.2, 0.25) is 0 Å². The molecule has 0 saturated carbocycles. The van der Waals surface area contributed by atoms with Crippen molar-refractivity contribution in [3.05, 3.63) is 53.6 Å². The summed E-state index contributed by atoms with van der Waals surface area (Å²) in [5.41, 5.74) is 0.765. The van der Waals surface area contributed by atoms with Crippen molar-refractivity contribution in [3.8, 4) is 23.0 Å². The van der Waals surface area contributed by atoms with Gasteiger partial charge in [-0.3, -0.25) is 14.4 Å². The summed E-state index contributed by atoms with van der Waals surface area (Å²) in [5.74, 6) is -0.895. The molecular formula is C41H60O8. The monoisotopic (exact) mass is 680 g/mol. The minimum atomic E-state index is -1.20. The van der Waals surface area contributed by atoms with Crippen LogP contribution in [0.2, 0.25) is 0 Å². The number of carbonyl (C=O) groups is 3. The normalized spacial score (nSPS) is 11.8. The molecule has 0 aliphatic rings. The fourth-order valence-electron chi connectivity index (χ4n) is 5.63. The molecule has 2 N–H and O–H groups in total. The molecule has 0 aromatic heterocycles. The van der Waals surface area contributed by atoms with Crippen molar-refractivity contribution in [1.29, 1.82) is 0 Å². The van der Waals surface area contributed by atoms with E-state index in [1.807, 2.05) is 0 Å². The Bertz CT molecular complexity index is 1280. The zero-order valence-electron chi connectivity index (χ0n) is 30.2. The van der Waals surface area contributed by atoms with Gasteiger partial charge in [-0.2, -0.15) is 0 Å². The van der Waals surface area contributed by atoms with Crippen LogP contribution in [0.3, 0.4) is 0 Å². The molecule has 0 spiro atoms. The summed E-state index contributed by atoms with van der Waals surface area (Å²) >= 11 is 0. The second-order valence-electron chi connectivity index (χ2n) is 12.9. The second kappa shape index (κ2) is 25.3. The van der Waals surface area contributed by atoms with Gasteiger partial charge in [0, 0.05) is 43.0 Å². The Balaban J connectivity index is 2.03. The van der Waals surface area contributed by atoms with E-state index in [1.165, 1.54) is 114 Å². The predicted molar refractivity (Wildman–Crippen MR) is 195 cm³/mol. The number of carbonyl (C=O) groups excluding carboxylic acids is 3. The fraction of sp³-hybridized carbons (Fsp3) is 0.585. The van der Waals surface area contributed by atoms with Gasteiger partial charge in [-0.15, -0.1) is 0 Å². The lowest BCUT2D eigenvalue weighted by Gasteiger charge is -2.13. The van der Waals surface area contributed by atoms with Crippen molar-refractivity contribution in [2.45, 2.75) is 155 Å². The van der Waals surface area contributed by atoms with Gasteiger partial charge >= 0.3 is 17.9 Å². The van der Waals surface area contributed by atoms with Crippen LogP contribution in [0.4, 0.5) is 0 Å². The minimum absolute atomic E-state index is 0.0338. The number of rotatable bonds is 26. The lowest BCUT2D eigenvalue weighted by atomic mass is 10.1. The Morgan fingerprint density at radius 3 is 1.67 bits per heavy atom. The number of hydrogen-bond acceptors (Lipinski definition) is 8. The SMILES string of the molecule is CCCCCCCCCCCC(=O)Oc1ccc(C=CC(O)c2ccc(O)cc2OC(C)=O)c(OC(=O)CCCCCCCCCCC)c1. The van der Waals surface area contributed by atoms with E-state index in [-0.39, 0.29) is 46.9 Å². The highest BCUT2D eigenvalue weighted by molar-refractivity contribution is 5.76. The number of aliphatic hydroxyl groups excluding tert-OH is 1. The molecule has 2 rings (SSSR count). The van der Waals surface area contributed by atoms with E-state index < -0.39 is 12.1 Å². The molecule has 0 aliphatic heterocycles. The number of ether oxygens (including phenoxy) is 3. The molecule has 1 atom stereocenters. The van der Waals surface area contributed by atoms with Crippen LogP contribution in [0.25, 0.3) is 6.08 Å². The van der Waals surface area contributed by atoms with Crippen molar-refractivity contribution in [2.24, 2.45) is 0 Å². The van der Waals surface area contributed by atoms with Crippen LogP contribution in [-0.4, -0.2) is 28.1 Å². The first kappa shape index (κ1) is 41.5. The highest BCUT2D eigenvalue weighted by Gasteiger charge is 2.16. The second-order valence-corrected chi connectivity index (χ2v) is 12.9. The predicted octanol–water partition coefficient (Wildman–Crippen LogP) is 10.7. The van der Waals surface area contributed by atoms with E-state index in [1.54, 1.807) is 18.2 Å². The molecule has 1 unspecified atom stereocenters. The molecule has 2 aromatic carbocycles. The molecule has 0 aliphatic carbocycles. The van der Waals surface area contributed by atoms with Gasteiger partial charge in [-0.25, -0.2) is 0 Å². The van der Waals surface area contributed by atoms with Crippen molar-refractivity contribution < 1.29 is 38.8 Å². The molecule has 0 saturated heterocycles. The number of aromatic hydroxyl groups is 1. The lowest BCUT2D eigenvalue weighted by molar-refractivity contribution is -0.135. The van der Waals surface area contributed by atoms with E-state index in [0.717, 1.165) is 38.5 Å².